The molecule has 5 heteroatoms. The molecule has 0 saturated carbocycles. The average molecular weight is 273 g/mol. The fraction of sp³-hybridized carbons (Fsp3) is 0.214. The topological polar surface area (TPSA) is 75.6 Å². The van der Waals surface area contributed by atoms with E-state index in [0.29, 0.717) is 34.8 Å². The highest BCUT2D eigenvalue weighted by atomic mass is 35.5. The summed E-state index contributed by atoms with van der Waals surface area (Å²) >= 11 is 6.13. The molecule has 1 aromatic heterocycles. The number of aromatic nitrogens is 2. The molecule has 0 bridgehead atoms. The minimum Gasteiger partial charge on any atom is -0.368 e. The summed E-state index contributed by atoms with van der Waals surface area (Å²) in [6.07, 6.45) is 1.12. The molecular formula is C14H13ClN4. The van der Waals surface area contributed by atoms with Crippen LogP contribution in [0.1, 0.15) is 29.4 Å². The van der Waals surface area contributed by atoms with Crippen LogP contribution in [-0.4, -0.2) is 9.97 Å². The van der Waals surface area contributed by atoms with Gasteiger partial charge in [-0.3, -0.25) is 0 Å². The number of nitrogen functional groups attached to an aromatic ring is 1. The summed E-state index contributed by atoms with van der Waals surface area (Å²) in [5.74, 6) is 0.193. The number of hydrogen-bond donors (Lipinski definition) is 1. The standard InChI is InChI=1S/C14H13ClN4/c1-2-12-10(8-16)13(19-14(17)18-12)7-9-5-3-4-6-11(9)15/h3-6H,2,7H2,1H3,(H2,17,18,19). The van der Waals surface area contributed by atoms with Crippen LogP contribution in [0.5, 0.6) is 0 Å². The molecule has 0 spiro atoms. The summed E-state index contributed by atoms with van der Waals surface area (Å²) < 4.78 is 0. The quantitative estimate of drug-likeness (QED) is 0.932. The van der Waals surface area contributed by atoms with E-state index < -0.39 is 0 Å². The molecule has 19 heavy (non-hydrogen) atoms. The van der Waals surface area contributed by atoms with E-state index in [9.17, 15) is 5.26 Å². The molecule has 0 atom stereocenters. The predicted molar refractivity (Wildman–Crippen MR) is 74.8 cm³/mol. The zero-order valence-corrected chi connectivity index (χ0v) is 11.3. The Bertz CT molecular complexity index is 646. The van der Waals surface area contributed by atoms with Gasteiger partial charge in [-0.25, -0.2) is 9.97 Å². The molecule has 0 aliphatic rings. The van der Waals surface area contributed by atoms with Gasteiger partial charge in [0, 0.05) is 11.4 Å². The molecule has 0 amide bonds. The van der Waals surface area contributed by atoms with E-state index in [2.05, 4.69) is 16.0 Å². The zero-order chi connectivity index (χ0) is 13.8. The molecule has 0 saturated heterocycles. The maximum absolute atomic E-state index is 9.26. The fourth-order valence-electron chi connectivity index (χ4n) is 1.91. The van der Waals surface area contributed by atoms with Crippen molar-refractivity contribution < 1.29 is 0 Å². The van der Waals surface area contributed by atoms with E-state index in [1.165, 1.54) is 0 Å². The highest BCUT2D eigenvalue weighted by Crippen LogP contribution is 2.21. The largest absolute Gasteiger partial charge is 0.368 e. The smallest absolute Gasteiger partial charge is 0.220 e. The van der Waals surface area contributed by atoms with Crippen LogP contribution in [0.2, 0.25) is 5.02 Å². The van der Waals surface area contributed by atoms with Gasteiger partial charge in [0.15, 0.2) is 0 Å². The van der Waals surface area contributed by atoms with Gasteiger partial charge in [0.05, 0.1) is 17.0 Å². The first kappa shape index (κ1) is 13.3. The van der Waals surface area contributed by atoms with Gasteiger partial charge in [-0.1, -0.05) is 36.7 Å². The lowest BCUT2D eigenvalue weighted by Crippen LogP contribution is -2.08. The number of rotatable bonds is 3. The summed E-state index contributed by atoms with van der Waals surface area (Å²) in [6.45, 7) is 1.93. The van der Waals surface area contributed by atoms with Crippen LogP contribution in [0.3, 0.4) is 0 Å². The normalized spacial score (nSPS) is 10.2. The summed E-state index contributed by atoms with van der Waals surface area (Å²) in [6, 6.07) is 9.65. The van der Waals surface area contributed by atoms with Crippen molar-refractivity contribution in [1.82, 2.24) is 9.97 Å². The Morgan fingerprint density at radius 2 is 1.95 bits per heavy atom. The van der Waals surface area contributed by atoms with Crippen LogP contribution in [0.15, 0.2) is 24.3 Å². The van der Waals surface area contributed by atoms with E-state index >= 15 is 0 Å². The first-order chi connectivity index (χ1) is 9.15. The monoisotopic (exact) mass is 272 g/mol. The van der Waals surface area contributed by atoms with Crippen LogP contribution >= 0.6 is 11.6 Å². The van der Waals surface area contributed by atoms with Gasteiger partial charge in [0.2, 0.25) is 5.95 Å². The van der Waals surface area contributed by atoms with E-state index in [1.807, 2.05) is 31.2 Å². The van der Waals surface area contributed by atoms with E-state index in [0.717, 1.165) is 5.56 Å². The molecule has 4 nitrogen and oxygen atoms in total. The predicted octanol–water partition coefficient (Wildman–Crippen LogP) is 2.74. The summed E-state index contributed by atoms with van der Waals surface area (Å²) in [5.41, 5.74) is 8.40. The van der Waals surface area contributed by atoms with Crippen LogP contribution in [-0.2, 0) is 12.8 Å². The molecule has 2 N–H and O–H groups in total. The second-order valence-corrected chi connectivity index (χ2v) is 4.49. The lowest BCUT2D eigenvalue weighted by Gasteiger charge is -2.09. The summed E-state index contributed by atoms with van der Waals surface area (Å²) in [5, 5.41) is 9.92. The van der Waals surface area contributed by atoms with Crippen molar-refractivity contribution in [2.75, 3.05) is 5.73 Å². The Morgan fingerprint density at radius 1 is 1.26 bits per heavy atom. The highest BCUT2D eigenvalue weighted by Gasteiger charge is 2.13. The van der Waals surface area contributed by atoms with Crippen molar-refractivity contribution in [1.29, 1.82) is 5.26 Å². The second-order valence-electron chi connectivity index (χ2n) is 4.08. The minimum absolute atomic E-state index is 0.193. The van der Waals surface area contributed by atoms with Crippen LogP contribution in [0.25, 0.3) is 0 Å². The molecule has 0 fully saturated rings. The lowest BCUT2D eigenvalue weighted by molar-refractivity contribution is 0.947. The Kier molecular flexibility index (Phi) is 3.98. The number of hydrogen-bond acceptors (Lipinski definition) is 4. The number of aryl methyl sites for hydroxylation is 1. The fourth-order valence-corrected chi connectivity index (χ4v) is 2.12. The van der Waals surface area contributed by atoms with E-state index in [1.54, 1.807) is 0 Å². The number of nitrogens with zero attached hydrogens (tertiary/aromatic N) is 3. The molecule has 96 valence electrons. The molecule has 0 radical (unpaired) electrons. The average Bonchev–Trinajstić information content (AvgIpc) is 2.40. The van der Waals surface area contributed by atoms with Gasteiger partial charge in [-0.05, 0) is 18.1 Å². The van der Waals surface area contributed by atoms with E-state index in [4.69, 9.17) is 17.3 Å². The van der Waals surface area contributed by atoms with Crippen molar-refractivity contribution in [3.05, 3.63) is 51.8 Å². The van der Waals surface area contributed by atoms with Crippen LogP contribution in [0.4, 0.5) is 5.95 Å². The van der Waals surface area contributed by atoms with Crippen molar-refractivity contribution >= 4 is 17.5 Å². The Labute approximate surface area is 116 Å². The van der Waals surface area contributed by atoms with Crippen molar-refractivity contribution in [2.24, 2.45) is 0 Å². The van der Waals surface area contributed by atoms with Gasteiger partial charge in [0.25, 0.3) is 0 Å². The number of halogens is 1. The number of nitriles is 1. The zero-order valence-electron chi connectivity index (χ0n) is 10.5. The van der Waals surface area contributed by atoms with Gasteiger partial charge in [-0.15, -0.1) is 0 Å². The summed E-state index contributed by atoms with van der Waals surface area (Å²) in [4.78, 5) is 8.27. The first-order valence-corrected chi connectivity index (χ1v) is 6.32. The summed E-state index contributed by atoms with van der Waals surface area (Å²) in [7, 11) is 0. The third-order valence-electron chi connectivity index (χ3n) is 2.84. The maximum atomic E-state index is 9.26. The molecule has 1 aromatic carbocycles. The van der Waals surface area contributed by atoms with Gasteiger partial charge in [0.1, 0.15) is 6.07 Å². The maximum Gasteiger partial charge on any atom is 0.220 e. The van der Waals surface area contributed by atoms with Crippen LogP contribution < -0.4 is 5.73 Å². The van der Waals surface area contributed by atoms with Crippen molar-refractivity contribution in [2.45, 2.75) is 19.8 Å². The minimum atomic E-state index is 0.193. The second kappa shape index (κ2) is 5.68. The molecule has 2 aromatic rings. The molecule has 2 rings (SSSR count). The van der Waals surface area contributed by atoms with Crippen LogP contribution in [0, 0.1) is 11.3 Å². The lowest BCUT2D eigenvalue weighted by atomic mass is 10.0. The van der Waals surface area contributed by atoms with Crippen molar-refractivity contribution in [3.8, 4) is 6.07 Å². The third-order valence-corrected chi connectivity index (χ3v) is 3.21. The highest BCUT2D eigenvalue weighted by molar-refractivity contribution is 6.31. The van der Waals surface area contributed by atoms with Gasteiger partial charge >= 0.3 is 0 Å². The van der Waals surface area contributed by atoms with Gasteiger partial charge < -0.3 is 5.73 Å². The SMILES string of the molecule is CCc1nc(N)nc(Cc2ccccc2Cl)c1C#N. The molecule has 0 aliphatic heterocycles. The van der Waals surface area contributed by atoms with Gasteiger partial charge in [-0.2, -0.15) is 5.26 Å². The van der Waals surface area contributed by atoms with Crippen molar-refractivity contribution in [3.63, 3.8) is 0 Å². The first-order valence-electron chi connectivity index (χ1n) is 5.94. The van der Waals surface area contributed by atoms with E-state index in [-0.39, 0.29) is 5.95 Å². The Hall–Kier alpha value is -2.12. The number of nitrogens with two attached hydrogens (primary N) is 1. The number of anilines is 1. The Balaban J connectivity index is 2.49. The third kappa shape index (κ3) is 2.83. The molecular weight excluding hydrogens is 260 g/mol. The molecule has 1 heterocycles. The molecule has 0 aliphatic carbocycles. The molecule has 0 unspecified atom stereocenters. The number of benzene rings is 1. The Morgan fingerprint density at radius 3 is 2.58 bits per heavy atom.